The molecule has 4 rings (SSSR count). The minimum atomic E-state index is -0.184. The summed E-state index contributed by atoms with van der Waals surface area (Å²) in [5, 5.41) is 1.36. The van der Waals surface area contributed by atoms with Crippen molar-refractivity contribution in [3.8, 4) is 0 Å². The zero-order valence-electron chi connectivity index (χ0n) is 14.1. The van der Waals surface area contributed by atoms with Crippen molar-refractivity contribution in [2.75, 3.05) is 18.1 Å². The van der Waals surface area contributed by atoms with E-state index in [2.05, 4.69) is 4.98 Å². The number of halogens is 2. The van der Waals surface area contributed by atoms with Gasteiger partial charge < -0.3 is 9.30 Å². The summed E-state index contributed by atoms with van der Waals surface area (Å²) in [6, 6.07) is 9.45. The number of amides is 1. The lowest BCUT2D eigenvalue weighted by Gasteiger charge is -2.23. The van der Waals surface area contributed by atoms with Crippen molar-refractivity contribution in [3.05, 3.63) is 46.2 Å². The van der Waals surface area contributed by atoms with E-state index >= 15 is 0 Å². The molecule has 1 aliphatic rings. The quantitative estimate of drug-likeness (QED) is 0.623. The van der Waals surface area contributed by atoms with Crippen molar-refractivity contribution in [1.82, 2.24) is 9.55 Å². The normalized spacial score (nSPS) is 17.1. The smallest absolute Gasteiger partial charge is 0.276 e. The van der Waals surface area contributed by atoms with Crippen LogP contribution in [0.25, 0.3) is 10.2 Å². The molecule has 1 saturated heterocycles. The van der Waals surface area contributed by atoms with Gasteiger partial charge in [0.05, 0.1) is 27.9 Å². The van der Waals surface area contributed by atoms with Gasteiger partial charge in [-0.25, -0.2) is 4.98 Å². The average Bonchev–Trinajstić information content (AvgIpc) is 3.35. The standard InChI is InChI=1S/C18H17Cl2N3O2S/c1-22-14(9-12(19)16(22)20)17(24)23(10-11-5-4-8-25-11)18-21-13-6-2-3-7-15(13)26-18/h2-3,6-7,9,11H,4-5,8,10H2,1H3/t11-/m0/s1. The maximum Gasteiger partial charge on any atom is 0.276 e. The first-order chi connectivity index (χ1) is 12.5. The second kappa shape index (κ2) is 7.19. The molecule has 2 aromatic heterocycles. The summed E-state index contributed by atoms with van der Waals surface area (Å²) in [7, 11) is 1.73. The molecular weight excluding hydrogens is 393 g/mol. The first-order valence-corrected chi connectivity index (χ1v) is 9.91. The second-order valence-electron chi connectivity index (χ2n) is 6.24. The fraction of sp³-hybridized carbons (Fsp3) is 0.333. The molecule has 0 spiro atoms. The molecule has 0 radical (unpaired) electrons. The zero-order chi connectivity index (χ0) is 18.3. The van der Waals surface area contributed by atoms with Gasteiger partial charge in [0.1, 0.15) is 10.8 Å². The Morgan fingerprint density at radius 1 is 1.42 bits per heavy atom. The molecule has 0 unspecified atom stereocenters. The van der Waals surface area contributed by atoms with Gasteiger partial charge in [0.25, 0.3) is 5.91 Å². The summed E-state index contributed by atoms with van der Waals surface area (Å²) in [5.74, 6) is -0.184. The van der Waals surface area contributed by atoms with Crippen molar-refractivity contribution in [3.63, 3.8) is 0 Å². The average molecular weight is 410 g/mol. The molecular formula is C18H17Cl2N3O2S. The maximum absolute atomic E-state index is 13.3. The van der Waals surface area contributed by atoms with Crippen LogP contribution in [-0.2, 0) is 11.8 Å². The Balaban J connectivity index is 1.74. The van der Waals surface area contributed by atoms with Crippen molar-refractivity contribution in [1.29, 1.82) is 0 Å². The Hall–Kier alpha value is -1.60. The SMILES string of the molecule is Cn1c(C(=O)N(C[C@@H]2CCCO2)c2nc3ccccc3s2)cc(Cl)c1Cl. The van der Waals surface area contributed by atoms with E-state index in [-0.39, 0.29) is 12.0 Å². The highest BCUT2D eigenvalue weighted by Gasteiger charge is 2.29. The third kappa shape index (κ3) is 3.22. The minimum absolute atomic E-state index is 0.0113. The molecule has 0 saturated carbocycles. The van der Waals surface area contributed by atoms with Gasteiger partial charge in [-0.05, 0) is 31.0 Å². The van der Waals surface area contributed by atoms with Crippen molar-refractivity contribution in [2.24, 2.45) is 7.05 Å². The van der Waals surface area contributed by atoms with Gasteiger partial charge in [-0.2, -0.15) is 0 Å². The van der Waals surface area contributed by atoms with E-state index in [0.717, 1.165) is 29.7 Å². The number of hydrogen-bond donors (Lipinski definition) is 0. The van der Waals surface area contributed by atoms with E-state index < -0.39 is 0 Å². The number of nitrogens with zero attached hydrogens (tertiary/aromatic N) is 3. The Morgan fingerprint density at radius 2 is 2.23 bits per heavy atom. The van der Waals surface area contributed by atoms with E-state index in [4.69, 9.17) is 27.9 Å². The molecule has 1 aromatic carbocycles. The highest BCUT2D eigenvalue weighted by molar-refractivity contribution is 7.22. The molecule has 1 amide bonds. The first-order valence-electron chi connectivity index (χ1n) is 8.34. The number of para-hydroxylation sites is 1. The molecule has 26 heavy (non-hydrogen) atoms. The Bertz CT molecular complexity index is 930. The van der Waals surface area contributed by atoms with Gasteiger partial charge in [-0.15, -0.1) is 0 Å². The summed E-state index contributed by atoms with van der Waals surface area (Å²) < 4.78 is 8.39. The van der Waals surface area contributed by atoms with Crippen LogP contribution >= 0.6 is 34.5 Å². The van der Waals surface area contributed by atoms with Crippen LogP contribution in [0.4, 0.5) is 5.13 Å². The van der Waals surface area contributed by atoms with Crippen LogP contribution in [0.3, 0.4) is 0 Å². The molecule has 8 heteroatoms. The summed E-state index contributed by atoms with van der Waals surface area (Å²) in [4.78, 5) is 19.6. The number of benzene rings is 1. The van der Waals surface area contributed by atoms with Gasteiger partial charge >= 0.3 is 0 Å². The molecule has 0 N–H and O–H groups in total. The molecule has 1 fully saturated rings. The second-order valence-corrected chi connectivity index (χ2v) is 8.02. The Morgan fingerprint density at radius 3 is 2.88 bits per heavy atom. The fourth-order valence-corrected chi connectivity index (χ4v) is 4.45. The number of rotatable bonds is 4. The molecule has 5 nitrogen and oxygen atoms in total. The third-order valence-electron chi connectivity index (χ3n) is 4.50. The molecule has 1 atom stereocenters. The van der Waals surface area contributed by atoms with Crippen LogP contribution in [0.5, 0.6) is 0 Å². The zero-order valence-corrected chi connectivity index (χ0v) is 16.4. The van der Waals surface area contributed by atoms with Crippen molar-refractivity contribution < 1.29 is 9.53 Å². The van der Waals surface area contributed by atoms with Crippen LogP contribution in [0, 0.1) is 0 Å². The van der Waals surface area contributed by atoms with Crippen LogP contribution in [0.2, 0.25) is 10.2 Å². The lowest BCUT2D eigenvalue weighted by molar-refractivity contribution is 0.0911. The number of thiazole rings is 1. The highest BCUT2D eigenvalue weighted by atomic mass is 35.5. The predicted molar refractivity (Wildman–Crippen MR) is 106 cm³/mol. The summed E-state index contributed by atoms with van der Waals surface area (Å²) >= 11 is 13.7. The number of carbonyl (C=O) groups is 1. The molecule has 136 valence electrons. The topological polar surface area (TPSA) is 47.4 Å². The molecule has 3 aromatic rings. The number of carbonyl (C=O) groups excluding carboxylic acids is 1. The Labute approximate surface area is 165 Å². The van der Waals surface area contributed by atoms with Gasteiger partial charge in [0.2, 0.25) is 0 Å². The fourth-order valence-electron chi connectivity index (χ4n) is 3.10. The number of hydrogen-bond acceptors (Lipinski definition) is 4. The van der Waals surface area contributed by atoms with Gasteiger partial charge in [-0.1, -0.05) is 46.7 Å². The van der Waals surface area contributed by atoms with Crippen LogP contribution in [-0.4, -0.2) is 34.7 Å². The van der Waals surface area contributed by atoms with E-state index in [1.807, 2.05) is 24.3 Å². The van der Waals surface area contributed by atoms with Gasteiger partial charge in [0, 0.05) is 13.7 Å². The molecule has 0 bridgehead atoms. The highest BCUT2D eigenvalue weighted by Crippen LogP contribution is 2.32. The van der Waals surface area contributed by atoms with Crippen LogP contribution in [0.1, 0.15) is 23.3 Å². The number of ether oxygens (including phenoxy) is 1. The lowest BCUT2D eigenvalue weighted by atomic mass is 10.2. The lowest BCUT2D eigenvalue weighted by Crippen LogP contribution is -2.38. The maximum atomic E-state index is 13.3. The van der Waals surface area contributed by atoms with E-state index in [0.29, 0.717) is 27.5 Å². The summed E-state index contributed by atoms with van der Waals surface area (Å²) in [6.07, 6.45) is 1.95. The van der Waals surface area contributed by atoms with E-state index in [1.165, 1.54) is 11.3 Å². The molecule has 1 aliphatic heterocycles. The molecule has 3 heterocycles. The van der Waals surface area contributed by atoms with Crippen LogP contribution in [0.15, 0.2) is 30.3 Å². The number of aromatic nitrogens is 2. The molecule has 0 aliphatic carbocycles. The van der Waals surface area contributed by atoms with E-state index in [9.17, 15) is 4.79 Å². The largest absolute Gasteiger partial charge is 0.376 e. The van der Waals surface area contributed by atoms with Crippen molar-refractivity contribution >= 4 is 55.8 Å². The number of anilines is 1. The summed E-state index contributed by atoms with van der Waals surface area (Å²) in [5.41, 5.74) is 1.30. The van der Waals surface area contributed by atoms with Gasteiger partial charge in [0.15, 0.2) is 5.13 Å². The van der Waals surface area contributed by atoms with Crippen LogP contribution < -0.4 is 4.90 Å². The Kier molecular flexibility index (Phi) is 4.92. The van der Waals surface area contributed by atoms with E-state index in [1.54, 1.807) is 22.6 Å². The first kappa shape index (κ1) is 17.8. The van der Waals surface area contributed by atoms with Gasteiger partial charge in [-0.3, -0.25) is 9.69 Å². The van der Waals surface area contributed by atoms with Crippen molar-refractivity contribution in [2.45, 2.75) is 18.9 Å². The summed E-state index contributed by atoms with van der Waals surface area (Å²) in [6.45, 7) is 1.19. The third-order valence-corrected chi connectivity index (χ3v) is 6.41. The minimum Gasteiger partial charge on any atom is -0.376 e. The predicted octanol–water partition coefficient (Wildman–Crippen LogP) is 4.77. The monoisotopic (exact) mass is 409 g/mol. The number of fused-ring (bicyclic) bond motifs is 1.